The van der Waals surface area contributed by atoms with E-state index in [1.807, 2.05) is 0 Å². The van der Waals surface area contributed by atoms with Gasteiger partial charge in [0.1, 0.15) is 18.1 Å². The molecule has 14 heteroatoms. The van der Waals surface area contributed by atoms with Crippen molar-refractivity contribution in [2.75, 3.05) is 18.1 Å². The highest BCUT2D eigenvalue weighted by molar-refractivity contribution is 7.80. The van der Waals surface area contributed by atoms with Crippen LogP contribution < -0.4 is 33.2 Å². The van der Waals surface area contributed by atoms with Crippen molar-refractivity contribution in [2.24, 2.45) is 22.2 Å². The van der Waals surface area contributed by atoms with Gasteiger partial charge < -0.3 is 38.3 Å². The van der Waals surface area contributed by atoms with Crippen LogP contribution in [0.25, 0.3) is 0 Å². The third-order valence-corrected chi connectivity index (χ3v) is 5.58. The van der Waals surface area contributed by atoms with Gasteiger partial charge in [0.15, 0.2) is 5.96 Å². The molecule has 0 spiro atoms. The van der Waals surface area contributed by atoms with E-state index in [4.69, 9.17) is 17.2 Å². The molecule has 4 unspecified atom stereocenters. The fourth-order valence-electron chi connectivity index (χ4n) is 2.92. The van der Waals surface area contributed by atoms with Gasteiger partial charge in [-0.3, -0.25) is 19.4 Å². The minimum atomic E-state index is -1.22. The van der Waals surface area contributed by atoms with Crippen molar-refractivity contribution < 1.29 is 24.3 Å². The van der Waals surface area contributed by atoms with Crippen LogP contribution in [-0.4, -0.2) is 77.0 Å². The van der Waals surface area contributed by atoms with Gasteiger partial charge in [-0.15, -0.1) is 0 Å². The van der Waals surface area contributed by atoms with Crippen molar-refractivity contribution in [1.82, 2.24) is 16.0 Å². The number of nitrogens with two attached hydrogens (primary N) is 3. The Balaban J connectivity index is 2.87. The number of aliphatic carboxylic acids is 1. The van der Waals surface area contributed by atoms with E-state index in [0.717, 1.165) is 5.56 Å². The topological polar surface area (TPSA) is 215 Å². The Hall–Kier alpha value is -2.97. The summed E-state index contributed by atoms with van der Waals surface area (Å²) in [6, 6.07) is 4.44. The van der Waals surface area contributed by atoms with Gasteiger partial charge in [-0.2, -0.15) is 25.3 Å². The molecule has 12 nitrogen and oxygen atoms in total. The molecule has 10 N–H and O–H groups in total. The second-order valence-corrected chi connectivity index (χ2v) is 8.36. The maximum absolute atomic E-state index is 12.9. The van der Waals surface area contributed by atoms with Crippen LogP contribution in [0.1, 0.15) is 18.4 Å². The second-order valence-electron chi connectivity index (χ2n) is 7.63. The lowest BCUT2D eigenvalue weighted by molar-refractivity contribution is -0.142. The summed E-state index contributed by atoms with van der Waals surface area (Å²) in [6.07, 6.45) is 0.558. The zero-order valence-corrected chi connectivity index (χ0v) is 20.9. The monoisotopic (exact) mass is 527 g/mol. The van der Waals surface area contributed by atoms with Crippen LogP contribution >= 0.6 is 25.3 Å². The summed E-state index contributed by atoms with van der Waals surface area (Å²) >= 11 is 8.09. The van der Waals surface area contributed by atoms with Crippen molar-refractivity contribution in [3.8, 4) is 0 Å². The first-order valence-electron chi connectivity index (χ1n) is 10.8. The summed E-state index contributed by atoms with van der Waals surface area (Å²) < 4.78 is 0. The van der Waals surface area contributed by atoms with Crippen molar-refractivity contribution in [3.05, 3.63) is 35.9 Å². The average Bonchev–Trinajstić information content (AvgIpc) is 2.83. The number of amides is 3. The Kier molecular flexibility index (Phi) is 13.6. The van der Waals surface area contributed by atoms with Gasteiger partial charge in [0.2, 0.25) is 17.7 Å². The summed E-state index contributed by atoms with van der Waals surface area (Å²) in [6.45, 7) is 0.219. The van der Waals surface area contributed by atoms with E-state index < -0.39 is 47.9 Å². The number of hydrogen-bond acceptors (Lipinski definition) is 8. The number of aliphatic imine (C=N–C) groups is 1. The highest BCUT2D eigenvalue weighted by atomic mass is 32.1. The molecule has 1 aromatic carbocycles. The number of carboxylic acids is 1. The molecular formula is C21H33N7O5S2. The minimum absolute atomic E-state index is 0.0558. The number of guanidine groups is 1. The Morgan fingerprint density at radius 3 is 2.00 bits per heavy atom. The lowest BCUT2D eigenvalue weighted by atomic mass is 10.1. The molecule has 0 fully saturated rings. The third kappa shape index (κ3) is 11.3. The molecule has 0 saturated heterocycles. The van der Waals surface area contributed by atoms with E-state index in [1.165, 1.54) is 0 Å². The van der Waals surface area contributed by atoms with Crippen molar-refractivity contribution in [2.45, 2.75) is 43.4 Å². The minimum Gasteiger partial charge on any atom is -0.480 e. The number of nitrogens with one attached hydrogen (secondary N) is 3. The highest BCUT2D eigenvalue weighted by Crippen LogP contribution is 2.05. The van der Waals surface area contributed by atoms with Crippen LogP contribution in [0.4, 0.5) is 0 Å². The lowest BCUT2D eigenvalue weighted by Crippen LogP contribution is -2.58. The normalized spacial score (nSPS) is 14.0. The smallest absolute Gasteiger partial charge is 0.326 e. The number of benzene rings is 1. The van der Waals surface area contributed by atoms with Crippen LogP contribution in [0.2, 0.25) is 0 Å². The van der Waals surface area contributed by atoms with Gasteiger partial charge in [-0.25, -0.2) is 4.79 Å². The molecule has 3 amide bonds. The molecule has 1 rings (SSSR count). The average molecular weight is 528 g/mol. The zero-order chi connectivity index (χ0) is 26.4. The summed E-state index contributed by atoms with van der Waals surface area (Å²) in [5.74, 6) is -3.37. The van der Waals surface area contributed by atoms with Crippen molar-refractivity contribution >= 4 is 54.9 Å². The van der Waals surface area contributed by atoms with E-state index in [9.17, 15) is 24.3 Å². The van der Waals surface area contributed by atoms with Crippen molar-refractivity contribution in [1.29, 1.82) is 0 Å². The molecule has 0 saturated carbocycles. The zero-order valence-electron chi connectivity index (χ0n) is 19.1. The number of hydrogen-bond donors (Lipinski definition) is 9. The van der Waals surface area contributed by atoms with Crippen LogP contribution in [0, 0.1) is 0 Å². The summed E-state index contributed by atoms with van der Waals surface area (Å²) in [5, 5.41) is 17.0. The Morgan fingerprint density at radius 2 is 1.46 bits per heavy atom. The van der Waals surface area contributed by atoms with Crippen LogP contribution in [0.15, 0.2) is 35.3 Å². The Morgan fingerprint density at radius 1 is 0.886 bits per heavy atom. The van der Waals surface area contributed by atoms with Gasteiger partial charge in [-0.1, -0.05) is 30.3 Å². The van der Waals surface area contributed by atoms with Gasteiger partial charge in [0.05, 0.1) is 6.04 Å². The van der Waals surface area contributed by atoms with E-state index in [1.54, 1.807) is 30.3 Å². The first-order valence-corrected chi connectivity index (χ1v) is 12.1. The van der Waals surface area contributed by atoms with E-state index in [0.29, 0.717) is 6.42 Å². The van der Waals surface area contributed by atoms with Gasteiger partial charge in [0, 0.05) is 24.5 Å². The van der Waals surface area contributed by atoms with Gasteiger partial charge in [-0.05, 0) is 18.4 Å². The molecule has 0 aromatic heterocycles. The lowest BCUT2D eigenvalue weighted by Gasteiger charge is -2.24. The van der Waals surface area contributed by atoms with E-state index in [-0.39, 0.29) is 36.9 Å². The number of carbonyl (C=O) groups is 4. The van der Waals surface area contributed by atoms with Gasteiger partial charge >= 0.3 is 5.97 Å². The molecule has 194 valence electrons. The molecule has 0 aliphatic carbocycles. The fourth-order valence-corrected chi connectivity index (χ4v) is 3.35. The number of carboxylic acid groups (broad SMARTS) is 1. The van der Waals surface area contributed by atoms with Gasteiger partial charge in [0.25, 0.3) is 0 Å². The Bertz CT molecular complexity index is 884. The predicted molar refractivity (Wildman–Crippen MR) is 139 cm³/mol. The second kappa shape index (κ2) is 15.8. The van der Waals surface area contributed by atoms with Crippen LogP contribution in [0.3, 0.4) is 0 Å². The SMILES string of the molecule is NC(N)=NCCCC(NC(=O)C(N)CS)C(=O)NC(CS)C(=O)NC(Cc1ccccc1)C(=O)O. The summed E-state index contributed by atoms with van der Waals surface area (Å²) in [7, 11) is 0. The van der Waals surface area contributed by atoms with Crippen LogP contribution in [0.5, 0.6) is 0 Å². The maximum atomic E-state index is 12.9. The van der Waals surface area contributed by atoms with Crippen LogP contribution in [-0.2, 0) is 25.6 Å². The molecule has 0 bridgehead atoms. The first kappa shape index (κ1) is 30.1. The molecule has 0 heterocycles. The maximum Gasteiger partial charge on any atom is 0.326 e. The molecule has 35 heavy (non-hydrogen) atoms. The summed E-state index contributed by atoms with van der Waals surface area (Å²) in [4.78, 5) is 53.4. The van der Waals surface area contributed by atoms with E-state index in [2.05, 4.69) is 46.2 Å². The molecule has 4 atom stereocenters. The molecule has 0 aliphatic heterocycles. The molecular weight excluding hydrogens is 494 g/mol. The fraction of sp³-hybridized carbons (Fsp3) is 0.476. The standard InChI is InChI=1S/C21H33N7O5S2/c22-13(10-34)17(29)26-14(7-4-8-25-21(23)24)18(30)28-16(11-35)19(31)27-15(20(32)33)9-12-5-2-1-3-6-12/h1-3,5-6,13-16,34-35H,4,7-11,22H2,(H,26,29)(H,27,31)(H,28,30)(H,32,33)(H4,23,24,25). The number of rotatable bonds is 15. The van der Waals surface area contributed by atoms with Crippen molar-refractivity contribution in [3.63, 3.8) is 0 Å². The third-order valence-electron chi connectivity index (χ3n) is 4.82. The molecule has 1 aromatic rings. The number of carbonyl (C=O) groups excluding carboxylic acids is 3. The summed E-state index contributed by atoms with van der Waals surface area (Å²) in [5.41, 5.74) is 17.0. The molecule has 0 aliphatic rings. The molecule has 0 radical (unpaired) electrons. The Labute approximate surface area is 214 Å². The largest absolute Gasteiger partial charge is 0.480 e. The van der Waals surface area contributed by atoms with E-state index >= 15 is 0 Å². The number of thiol groups is 2. The number of nitrogens with zero attached hydrogens (tertiary/aromatic N) is 1. The predicted octanol–water partition coefficient (Wildman–Crippen LogP) is -1.99. The highest BCUT2D eigenvalue weighted by Gasteiger charge is 2.29. The first-order chi connectivity index (χ1) is 16.6. The quantitative estimate of drug-likeness (QED) is 0.0537.